The van der Waals surface area contributed by atoms with Crippen LogP contribution in [0.2, 0.25) is 5.02 Å². The molecule has 0 bridgehead atoms. The average molecular weight is 455 g/mol. The van der Waals surface area contributed by atoms with Crippen LogP contribution < -0.4 is 0 Å². The summed E-state index contributed by atoms with van der Waals surface area (Å²) in [5, 5.41) is 4.30. The number of amides is 1. The third-order valence-corrected chi connectivity index (χ3v) is 5.14. The molecule has 31 heavy (non-hydrogen) atoms. The summed E-state index contributed by atoms with van der Waals surface area (Å²) in [7, 11) is 3.26. The predicted octanol–water partition coefficient (Wildman–Crippen LogP) is 4.51. The second-order valence-electron chi connectivity index (χ2n) is 7.49. The summed E-state index contributed by atoms with van der Waals surface area (Å²) in [5.41, 5.74) is -0.351. The van der Waals surface area contributed by atoms with Crippen molar-refractivity contribution in [3.05, 3.63) is 52.3 Å². The Morgan fingerprint density at radius 3 is 2.35 bits per heavy atom. The van der Waals surface area contributed by atoms with Crippen LogP contribution in [0.4, 0.5) is 13.2 Å². The van der Waals surface area contributed by atoms with Gasteiger partial charge in [-0.05, 0) is 32.4 Å². The quantitative estimate of drug-likeness (QED) is 0.568. The van der Waals surface area contributed by atoms with Gasteiger partial charge >= 0.3 is 6.18 Å². The molecule has 7 nitrogen and oxygen atoms in total. The minimum Gasteiger partial charge on any atom is -0.335 e. The number of hydrogen-bond donors (Lipinski definition) is 0. The van der Waals surface area contributed by atoms with Crippen molar-refractivity contribution >= 4 is 17.5 Å². The molecule has 1 amide bonds. The highest BCUT2D eigenvalue weighted by atomic mass is 35.5. The van der Waals surface area contributed by atoms with E-state index in [0.29, 0.717) is 0 Å². The molecule has 0 aliphatic heterocycles. The Morgan fingerprint density at radius 1 is 1.26 bits per heavy atom. The van der Waals surface area contributed by atoms with Crippen molar-refractivity contribution < 1.29 is 18.0 Å². The van der Waals surface area contributed by atoms with E-state index in [1.54, 1.807) is 37.8 Å². The maximum absolute atomic E-state index is 14.0. The zero-order valence-corrected chi connectivity index (χ0v) is 18.5. The molecular formula is C20H22ClF3N6O. The lowest BCUT2D eigenvalue weighted by molar-refractivity contribution is -0.144. The monoisotopic (exact) mass is 454 g/mol. The Kier molecular flexibility index (Phi) is 6.13. The Bertz CT molecular complexity index is 1100. The predicted molar refractivity (Wildman–Crippen MR) is 110 cm³/mol. The summed E-state index contributed by atoms with van der Waals surface area (Å²) >= 11 is 5.85. The van der Waals surface area contributed by atoms with Gasteiger partial charge in [0.1, 0.15) is 11.4 Å². The molecule has 0 atom stereocenters. The first-order chi connectivity index (χ1) is 14.4. The van der Waals surface area contributed by atoms with E-state index in [1.165, 1.54) is 31.3 Å². The highest BCUT2D eigenvalue weighted by molar-refractivity contribution is 6.30. The summed E-state index contributed by atoms with van der Waals surface area (Å²) in [4.78, 5) is 23.0. The van der Waals surface area contributed by atoms with Crippen LogP contribution in [-0.2, 0) is 19.8 Å². The van der Waals surface area contributed by atoms with Crippen molar-refractivity contribution in [1.29, 1.82) is 0 Å². The van der Waals surface area contributed by atoms with Gasteiger partial charge in [-0.25, -0.2) is 9.97 Å². The van der Waals surface area contributed by atoms with Gasteiger partial charge in [0.05, 0.1) is 22.8 Å². The molecule has 0 radical (unpaired) electrons. The van der Waals surface area contributed by atoms with Crippen LogP contribution in [0.25, 0.3) is 11.4 Å². The fraction of sp³-hybridized carbons (Fsp3) is 0.400. The third-order valence-electron chi connectivity index (χ3n) is 4.95. The number of aromatic nitrogens is 5. The number of aryl methyl sites for hydroxylation is 1. The van der Waals surface area contributed by atoms with E-state index < -0.39 is 23.8 Å². The van der Waals surface area contributed by atoms with Crippen LogP contribution in [0.5, 0.6) is 0 Å². The van der Waals surface area contributed by atoms with Crippen molar-refractivity contribution in [3.63, 3.8) is 0 Å². The summed E-state index contributed by atoms with van der Waals surface area (Å²) in [6.07, 6.45) is -0.508. The lowest BCUT2D eigenvalue weighted by Gasteiger charge is -2.23. The molecule has 0 fully saturated rings. The molecule has 11 heteroatoms. The van der Waals surface area contributed by atoms with E-state index in [-0.39, 0.29) is 34.2 Å². The van der Waals surface area contributed by atoms with Crippen molar-refractivity contribution in [1.82, 2.24) is 29.2 Å². The topological polar surface area (TPSA) is 68.8 Å². The fourth-order valence-electron chi connectivity index (χ4n) is 3.55. The number of carbonyl (C=O) groups is 1. The first kappa shape index (κ1) is 22.8. The average Bonchev–Trinajstić information content (AvgIpc) is 3.22. The van der Waals surface area contributed by atoms with Gasteiger partial charge in [0.25, 0.3) is 5.91 Å². The summed E-state index contributed by atoms with van der Waals surface area (Å²) in [5.74, 6) is -0.578. The molecule has 3 rings (SSSR count). The highest BCUT2D eigenvalue weighted by Gasteiger charge is 2.42. The number of hydrogen-bond acceptors (Lipinski definition) is 4. The van der Waals surface area contributed by atoms with Crippen molar-refractivity contribution in [2.45, 2.75) is 39.5 Å². The molecule has 3 aromatic rings. The van der Waals surface area contributed by atoms with Gasteiger partial charge in [0.15, 0.2) is 5.82 Å². The van der Waals surface area contributed by atoms with E-state index in [4.69, 9.17) is 11.6 Å². The molecule has 0 N–H and O–H groups in total. The molecule has 0 spiro atoms. The summed E-state index contributed by atoms with van der Waals surface area (Å²) in [6, 6.07) is 1.10. The lowest BCUT2D eigenvalue weighted by atomic mass is 10.1. The molecular weight excluding hydrogens is 433 g/mol. The van der Waals surface area contributed by atoms with Gasteiger partial charge in [0.2, 0.25) is 0 Å². The normalized spacial score (nSPS) is 11.9. The Hall–Kier alpha value is -2.88. The largest absolute Gasteiger partial charge is 0.431 e. The van der Waals surface area contributed by atoms with Gasteiger partial charge < -0.3 is 9.47 Å². The molecule has 0 aliphatic carbocycles. The van der Waals surface area contributed by atoms with Gasteiger partial charge in [-0.15, -0.1) is 0 Å². The standard InChI is InChI=1S/C20H22ClF3N6O/c1-11(2)30-16(19(31)28(4)10-14-6-7-27-29(14)5)15(12(3)17(30)20(22,23)24)18-25-8-13(21)9-26-18/h6-9,11H,10H2,1-5H3. The van der Waals surface area contributed by atoms with Crippen molar-refractivity contribution in [2.24, 2.45) is 7.05 Å². The Balaban J connectivity index is 2.24. The van der Waals surface area contributed by atoms with Crippen molar-refractivity contribution in [2.75, 3.05) is 7.05 Å². The van der Waals surface area contributed by atoms with Gasteiger partial charge in [-0.2, -0.15) is 18.3 Å². The fourth-order valence-corrected chi connectivity index (χ4v) is 3.65. The second-order valence-corrected chi connectivity index (χ2v) is 7.93. The number of rotatable bonds is 5. The molecule has 0 aromatic carbocycles. The molecule has 0 aliphatic rings. The van der Waals surface area contributed by atoms with E-state index >= 15 is 0 Å². The van der Waals surface area contributed by atoms with E-state index in [2.05, 4.69) is 15.1 Å². The van der Waals surface area contributed by atoms with E-state index in [0.717, 1.165) is 10.3 Å². The van der Waals surface area contributed by atoms with E-state index in [9.17, 15) is 18.0 Å². The van der Waals surface area contributed by atoms with Crippen LogP contribution in [0.15, 0.2) is 24.7 Å². The molecule has 0 saturated heterocycles. The van der Waals surface area contributed by atoms with Crippen LogP contribution >= 0.6 is 11.6 Å². The SMILES string of the molecule is Cc1c(-c2ncc(Cl)cn2)c(C(=O)N(C)Cc2ccnn2C)n(C(C)C)c1C(F)(F)F. The zero-order valence-electron chi connectivity index (χ0n) is 17.7. The van der Waals surface area contributed by atoms with Crippen molar-refractivity contribution in [3.8, 4) is 11.4 Å². The second kappa shape index (κ2) is 8.33. The number of halogens is 4. The number of nitrogens with zero attached hydrogens (tertiary/aromatic N) is 6. The van der Waals surface area contributed by atoms with E-state index in [1.807, 2.05) is 0 Å². The zero-order chi connectivity index (χ0) is 23.1. The maximum atomic E-state index is 14.0. The van der Waals surface area contributed by atoms with Gasteiger partial charge in [-0.3, -0.25) is 9.48 Å². The number of alkyl halides is 3. The first-order valence-electron chi connectivity index (χ1n) is 9.45. The smallest absolute Gasteiger partial charge is 0.335 e. The minimum absolute atomic E-state index is 0.00378. The minimum atomic E-state index is -4.67. The molecule has 3 aromatic heterocycles. The number of carbonyl (C=O) groups excluding carboxylic acids is 1. The first-order valence-corrected chi connectivity index (χ1v) is 9.83. The third kappa shape index (κ3) is 4.30. The molecule has 3 heterocycles. The van der Waals surface area contributed by atoms with Gasteiger partial charge in [-0.1, -0.05) is 11.6 Å². The highest BCUT2D eigenvalue weighted by Crippen LogP contribution is 2.42. The summed E-state index contributed by atoms with van der Waals surface area (Å²) < 4.78 is 44.8. The Labute approximate surface area is 182 Å². The van der Waals surface area contributed by atoms with Gasteiger partial charge in [0, 0.05) is 38.7 Å². The van der Waals surface area contributed by atoms with Crippen LogP contribution in [0.1, 0.15) is 47.3 Å². The molecule has 166 valence electrons. The maximum Gasteiger partial charge on any atom is 0.431 e. The Morgan fingerprint density at radius 2 is 1.87 bits per heavy atom. The van der Waals surface area contributed by atoms with Crippen LogP contribution in [0.3, 0.4) is 0 Å². The molecule has 0 saturated carbocycles. The van der Waals surface area contributed by atoms with Crippen LogP contribution in [-0.4, -0.2) is 42.2 Å². The summed E-state index contributed by atoms with van der Waals surface area (Å²) in [6.45, 7) is 4.69. The lowest BCUT2D eigenvalue weighted by Crippen LogP contribution is -2.31. The van der Waals surface area contributed by atoms with Crippen LogP contribution in [0, 0.1) is 6.92 Å². The molecule has 0 unspecified atom stereocenters.